The summed E-state index contributed by atoms with van der Waals surface area (Å²) in [6.07, 6.45) is -0.375. The van der Waals surface area contributed by atoms with Crippen LogP contribution in [0.1, 0.15) is 23.7 Å². The third-order valence-corrected chi connectivity index (χ3v) is 2.36. The van der Waals surface area contributed by atoms with Crippen LogP contribution in [-0.4, -0.2) is 13.6 Å². The summed E-state index contributed by atoms with van der Waals surface area (Å²) in [6.45, 7) is 0.780. The van der Waals surface area contributed by atoms with Gasteiger partial charge in [-0.15, -0.1) is 0 Å². The third-order valence-electron chi connectivity index (χ3n) is 2.36. The molecule has 0 aliphatic carbocycles. The van der Waals surface area contributed by atoms with Crippen LogP contribution < -0.4 is 0 Å². The summed E-state index contributed by atoms with van der Waals surface area (Å²) in [5.41, 5.74) is 2.05. The predicted molar refractivity (Wildman–Crippen MR) is 46.0 cm³/mol. The van der Waals surface area contributed by atoms with Gasteiger partial charge in [0.25, 0.3) is 0 Å². The summed E-state index contributed by atoms with van der Waals surface area (Å²) >= 11 is 0. The average molecular weight is 194 g/mol. The fraction of sp³-hybridized carbons (Fsp3) is 0.400. The Bertz CT molecular complexity index is 280. The minimum atomic E-state index is -0.188. The van der Waals surface area contributed by atoms with Crippen molar-refractivity contribution in [3.8, 4) is 0 Å². The van der Waals surface area contributed by atoms with E-state index >= 15 is 0 Å². The second kappa shape index (κ2) is 3.33. The molecule has 2 saturated heterocycles. The van der Waals surface area contributed by atoms with Crippen LogP contribution >= 0.6 is 0 Å². The lowest BCUT2D eigenvalue weighted by Crippen LogP contribution is -2.23. The Morgan fingerprint density at radius 2 is 1.07 bits per heavy atom. The molecule has 0 atom stereocenters. The van der Waals surface area contributed by atoms with Crippen LogP contribution in [0, 0.1) is 0 Å². The fourth-order valence-corrected chi connectivity index (χ4v) is 1.47. The van der Waals surface area contributed by atoms with E-state index in [9.17, 15) is 0 Å². The Balaban J connectivity index is 1.75. The SMILES string of the molecule is c1cc(C2OCO2)ccc1C1OCO1. The molecular formula is C10H10O4. The van der Waals surface area contributed by atoms with Crippen LogP contribution in [0.15, 0.2) is 24.3 Å². The van der Waals surface area contributed by atoms with Gasteiger partial charge in [0, 0.05) is 11.1 Å². The summed E-state index contributed by atoms with van der Waals surface area (Å²) in [4.78, 5) is 0. The second-order valence-corrected chi connectivity index (χ2v) is 3.23. The molecular weight excluding hydrogens is 184 g/mol. The molecule has 0 saturated carbocycles. The fourth-order valence-electron chi connectivity index (χ4n) is 1.47. The first-order chi connectivity index (χ1) is 6.93. The highest BCUT2D eigenvalue weighted by Gasteiger charge is 2.23. The van der Waals surface area contributed by atoms with Crippen molar-refractivity contribution in [3.63, 3.8) is 0 Å². The summed E-state index contributed by atoms with van der Waals surface area (Å²) in [6, 6.07) is 7.85. The molecule has 2 heterocycles. The minimum Gasteiger partial charge on any atom is -0.322 e. The van der Waals surface area contributed by atoms with Gasteiger partial charge in [0.2, 0.25) is 0 Å². The molecule has 0 unspecified atom stereocenters. The van der Waals surface area contributed by atoms with Crippen LogP contribution in [0.2, 0.25) is 0 Å². The van der Waals surface area contributed by atoms with Gasteiger partial charge in [-0.3, -0.25) is 0 Å². The molecule has 4 heteroatoms. The van der Waals surface area contributed by atoms with Gasteiger partial charge in [0.15, 0.2) is 26.2 Å². The summed E-state index contributed by atoms with van der Waals surface area (Å²) in [7, 11) is 0. The van der Waals surface area contributed by atoms with Crippen molar-refractivity contribution in [3.05, 3.63) is 35.4 Å². The molecule has 2 fully saturated rings. The molecule has 0 aromatic heterocycles. The Labute approximate surface area is 81.3 Å². The maximum Gasteiger partial charge on any atom is 0.189 e. The van der Waals surface area contributed by atoms with Crippen LogP contribution in [0.4, 0.5) is 0 Å². The number of ether oxygens (including phenoxy) is 4. The zero-order chi connectivity index (χ0) is 9.38. The molecule has 74 valence electrons. The van der Waals surface area contributed by atoms with E-state index in [-0.39, 0.29) is 12.6 Å². The Morgan fingerprint density at radius 3 is 1.29 bits per heavy atom. The first-order valence-corrected chi connectivity index (χ1v) is 4.50. The van der Waals surface area contributed by atoms with Gasteiger partial charge in [-0.2, -0.15) is 0 Å². The molecule has 14 heavy (non-hydrogen) atoms. The standard InChI is InChI=1S/C10H10O4/c1-2-8(10-13-6-14-10)4-3-7(1)9-11-5-12-9/h1-4,9-10H,5-6H2. The lowest BCUT2D eigenvalue weighted by molar-refractivity contribution is -0.328. The predicted octanol–water partition coefficient (Wildman–Crippen LogP) is 1.69. The molecule has 0 bridgehead atoms. The van der Waals surface area contributed by atoms with Crippen molar-refractivity contribution in [2.24, 2.45) is 0 Å². The van der Waals surface area contributed by atoms with Gasteiger partial charge in [-0.1, -0.05) is 24.3 Å². The molecule has 2 aliphatic heterocycles. The summed E-state index contributed by atoms with van der Waals surface area (Å²) < 4.78 is 20.7. The monoisotopic (exact) mass is 194 g/mol. The summed E-state index contributed by atoms with van der Waals surface area (Å²) in [5.74, 6) is 0. The Morgan fingerprint density at radius 1 is 0.714 bits per heavy atom. The lowest BCUT2D eigenvalue weighted by Gasteiger charge is -2.29. The van der Waals surface area contributed by atoms with E-state index in [0.717, 1.165) is 11.1 Å². The minimum absolute atomic E-state index is 0.188. The van der Waals surface area contributed by atoms with Crippen molar-refractivity contribution in [1.82, 2.24) is 0 Å². The van der Waals surface area contributed by atoms with Crippen molar-refractivity contribution in [2.45, 2.75) is 12.6 Å². The molecule has 1 aromatic rings. The summed E-state index contributed by atoms with van der Waals surface area (Å²) in [5, 5.41) is 0. The van der Waals surface area contributed by atoms with E-state index in [4.69, 9.17) is 18.9 Å². The second-order valence-electron chi connectivity index (χ2n) is 3.23. The number of hydrogen-bond donors (Lipinski definition) is 0. The molecule has 4 nitrogen and oxygen atoms in total. The normalized spacial score (nSPS) is 22.9. The third kappa shape index (κ3) is 1.33. The van der Waals surface area contributed by atoms with Crippen molar-refractivity contribution in [2.75, 3.05) is 13.6 Å². The van der Waals surface area contributed by atoms with E-state index in [0.29, 0.717) is 13.6 Å². The van der Waals surface area contributed by atoms with Gasteiger partial charge in [0.05, 0.1) is 0 Å². The maximum atomic E-state index is 5.17. The number of hydrogen-bond acceptors (Lipinski definition) is 4. The zero-order valence-corrected chi connectivity index (χ0v) is 7.51. The van der Waals surface area contributed by atoms with Gasteiger partial charge in [-0.05, 0) is 0 Å². The van der Waals surface area contributed by atoms with Crippen molar-refractivity contribution in [1.29, 1.82) is 0 Å². The molecule has 0 N–H and O–H groups in total. The number of benzene rings is 1. The van der Waals surface area contributed by atoms with E-state index in [2.05, 4.69) is 0 Å². The van der Waals surface area contributed by atoms with Gasteiger partial charge < -0.3 is 18.9 Å². The molecule has 0 amide bonds. The highest BCUT2D eigenvalue weighted by Crippen LogP contribution is 2.30. The van der Waals surface area contributed by atoms with Crippen LogP contribution in [0.5, 0.6) is 0 Å². The topological polar surface area (TPSA) is 36.9 Å². The van der Waals surface area contributed by atoms with Gasteiger partial charge >= 0.3 is 0 Å². The van der Waals surface area contributed by atoms with E-state index in [1.165, 1.54) is 0 Å². The average Bonchev–Trinajstić information content (AvgIpc) is 2.02. The first-order valence-electron chi connectivity index (χ1n) is 4.50. The van der Waals surface area contributed by atoms with Crippen molar-refractivity contribution < 1.29 is 18.9 Å². The zero-order valence-electron chi connectivity index (χ0n) is 7.51. The van der Waals surface area contributed by atoms with E-state index < -0.39 is 0 Å². The van der Waals surface area contributed by atoms with Crippen LogP contribution in [0.3, 0.4) is 0 Å². The maximum absolute atomic E-state index is 5.17. The molecule has 0 radical (unpaired) electrons. The van der Waals surface area contributed by atoms with Gasteiger partial charge in [-0.25, -0.2) is 0 Å². The van der Waals surface area contributed by atoms with Crippen LogP contribution in [0.25, 0.3) is 0 Å². The highest BCUT2D eigenvalue weighted by atomic mass is 16.9. The molecule has 2 aliphatic rings. The highest BCUT2D eigenvalue weighted by molar-refractivity contribution is 5.24. The number of rotatable bonds is 2. The lowest BCUT2D eigenvalue weighted by atomic mass is 10.1. The molecule has 1 aromatic carbocycles. The van der Waals surface area contributed by atoms with Crippen molar-refractivity contribution >= 4 is 0 Å². The smallest absolute Gasteiger partial charge is 0.189 e. The molecule has 3 rings (SSSR count). The Hall–Kier alpha value is -0.940. The molecule has 0 spiro atoms. The quantitative estimate of drug-likeness (QED) is 0.717. The van der Waals surface area contributed by atoms with Gasteiger partial charge in [0.1, 0.15) is 0 Å². The Kier molecular flexibility index (Phi) is 1.99. The van der Waals surface area contributed by atoms with E-state index in [1.54, 1.807) is 0 Å². The largest absolute Gasteiger partial charge is 0.322 e. The van der Waals surface area contributed by atoms with Crippen LogP contribution in [-0.2, 0) is 18.9 Å². The van der Waals surface area contributed by atoms with E-state index in [1.807, 2.05) is 24.3 Å². The first kappa shape index (κ1) is 8.38.